The summed E-state index contributed by atoms with van der Waals surface area (Å²) in [6.07, 6.45) is 1.84. The number of phenolic OH excluding ortho intramolecular Hbond substituents is 1. The van der Waals surface area contributed by atoms with Crippen molar-refractivity contribution in [3.05, 3.63) is 29.8 Å². The van der Waals surface area contributed by atoms with Crippen LogP contribution >= 0.6 is 0 Å². The normalized spacial score (nSPS) is 19.5. The Hall–Kier alpha value is -1.75. The van der Waals surface area contributed by atoms with E-state index in [4.69, 9.17) is 0 Å². The summed E-state index contributed by atoms with van der Waals surface area (Å²) in [4.78, 5) is 13.7. The third-order valence-corrected chi connectivity index (χ3v) is 3.96. The summed E-state index contributed by atoms with van der Waals surface area (Å²) < 4.78 is 0. The molecule has 1 aromatic carbocycles. The maximum absolute atomic E-state index is 11.8. The number of nitrogens with zero attached hydrogens (tertiary/aromatic N) is 1. The molecule has 0 spiro atoms. The molecule has 0 bridgehead atoms. The monoisotopic (exact) mass is 291 g/mol. The zero-order chi connectivity index (χ0) is 15.2. The average molecular weight is 291 g/mol. The van der Waals surface area contributed by atoms with Crippen LogP contribution in [0.15, 0.2) is 24.3 Å². The van der Waals surface area contributed by atoms with E-state index in [2.05, 4.69) is 17.6 Å². The largest absolute Gasteiger partial charge is 0.508 e. The van der Waals surface area contributed by atoms with E-state index in [0.29, 0.717) is 12.3 Å². The first-order valence-corrected chi connectivity index (χ1v) is 7.72. The number of para-hydroxylation sites is 1. The van der Waals surface area contributed by atoms with Crippen molar-refractivity contribution in [1.82, 2.24) is 15.5 Å². The topological polar surface area (TPSA) is 64.6 Å². The van der Waals surface area contributed by atoms with Gasteiger partial charge in [0, 0.05) is 37.3 Å². The van der Waals surface area contributed by atoms with Gasteiger partial charge in [-0.2, -0.15) is 0 Å². The highest BCUT2D eigenvalue weighted by Gasteiger charge is 2.28. The number of urea groups is 1. The number of phenols is 1. The van der Waals surface area contributed by atoms with Crippen LogP contribution in [0.3, 0.4) is 0 Å². The van der Waals surface area contributed by atoms with E-state index < -0.39 is 0 Å². The smallest absolute Gasteiger partial charge is 0.317 e. The number of hydrogen-bond acceptors (Lipinski definition) is 3. The van der Waals surface area contributed by atoms with E-state index in [0.717, 1.165) is 31.5 Å². The Morgan fingerprint density at radius 1 is 1.43 bits per heavy atom. The van der Waals surface area contributed by atoms with Gasteiger partial charge in [-0.3, -0.25) is 0 Å². The van der Waals surface area contributed by atoms with Crippen molar-refractivity contribution < 1.29 is 9.90 Å². The van der Waals surface area contributed by atoms with Gasteiger partial charge in [-0.15, -0.1) is 0 Å². The zero-order valence-electron chi connectivity index (χ0n) is 12.8. The molecule has 0 radical (unpaired) electrons. The Kier molecular flexibility index (Phi) is 5.44. The van der Waals surface area contributed by atoms with Crippen molar-refractivity contribution in [2.45, 2.75) is 38.8 Å². The predicted octanol–water partition coefficient (Wildman–Crippen LogP) is 2.24. The minimum Gasteiger partial charge on any atom is -0.508 e. The first-order chi connectivity index (χ1) is 10.2. The van der Waals surface area contributed by atoms with E-state index in [1.54, 1.807) is 6.07 Å². The summed E-state index contributed by atoms with van der Waals surface area (Å²) in [5, 5.41) is 16.4. The van der Waals surface area contributed by atoms with Gasteiger partial charge in [-0.25, -0.2) is 4.79 Å². The van der Waals surface area contributed by atoms with Crippen LogP contribution < -0.4 is 10.6 Å². The van der Waals surface area contributed by atoms with Gasteiger partial charge in [0.2, 0.25) is 0 Å². The SMILES string of the molecule is CCNC(=O)N1CC[C@@H](N[C@@H](CC)c2ccccc2O)C1. The number of rotatable bonds is 5. The van der Waals surface area contributed by atoms with E-state index in [1.807, 2.05) is 30.0 Å². The molecule has 1 aromatic rings. The molecule has 0 unspecified atom stereocenters. The fourth-order valence-electron chi connectivity index (χ4n) is 2.84. The number of aromatic hydroxyl groups is 1. The fourth-order valence-corrected chi connectivity index (χ4v) is 2.84. The number of carbonyl (C=O) groups is 1. The Labute approximate surface area is 126 Å². The summed E-state index contributed by atoms with van der Waals surface area (Å²) in [5.41, 5.74) is 0.927. The zero-order valence-corrected chi connectivity index (χ0v) is 12.8. The van der Waals surface area contributed by atoms with E-state index >= 15 is 0 Å². The molecule has 0 aromatic heterocycles. The van der Waals surface area contributed by atoms with Gasteiger partial charge in [-0.05, 0) is 25.8 Å². The van der Waals surface area contributed by atoms with E-state index in [1.165, 1.54) is 0 Å². The van der Waals surface area contributed by atoms with Crippen LogP contribution in [0.25, 0.3) is 0 Å². The summed E-state index contributed by atoms with van der Waals surface area (Å²) in [7, 11) is 0. The fraction of sp³-hybridized carbons (Fsp3) is 0.562. The Balaban J connectivity index is 1.95. The molecule has 1 aliphatic rings. The molecule has 0 saturated carbocycles. The van der Waals surface area contributed by atoms with Crippen LogP contribution in [0.2, 0.25) is 0 Å². The van der Waals surface area contributed by atoms with Gasteiger partial charge in [0.1, 0.15) is 5.75 Å². The quantitative estimate of drug-likeness (QED) is 0.779. The second kappa shape index (κ2) is 7.31. The van der Waals surface area contributed by atoms with Crippen LogP contribution in [0, 0.1) is 0 Å². The molecule has 2 amide bonds. The first kappa shape index (κ1) is 15.6. The molecule has 116 valence electrons. The van der Waals surface area contributed by atoms with Crippen molar-refractivity contribution in [3.63, 3.8) is 0 Å². The van der Waals surface area contributed by atoms with Crippen LogP contribution in [-0.4, -0.2) is 41.7 Å². The van der Waals surface area contributed by atoms with Gasteiger partial charge < -0.3 is 20.6 Å². The molecule has 0 aliphatic carbocycles. The lowest BCUT2D eigenvalue weighted by molar-refractivity contribution is 0.208. The molecular weight excluding hydrogens is 266 g/mol. The Bertz CT molecular complexity index is 478. The van der Waals surface area contributed by atoms with Crippen LogP contribution in [0.4, 0.5) is 4.79 Å². The highest BCUT2D eigenvalue weighted by molar-refractivity contribution is 5.74. The molecular formula is C16H25N3O2. The van der Waals surface area contributed by atoms with E-state index in [9.17, 15) is 9.90 Å². The second-order valence-electron chi connectivity index (χ2n) is 5.45. The van der Waals surface area contributed by atoms with Crippen LogP contribution in [-0.2, 0) is 0 Å². The minimum absolute atomic E-state index is 0.0115. The van der Waals surface area contributed by atoms with Gasteiger partial charge in [0.15, 0.2) is 0 Å². The minimum atomic E-state index is 0.0115. The van der Waals surface area contributed by atoms with Crippen molar-refractivity contribution >= 4 is 6.03 Å². The molecule has 1 saturated heterocycles. The van der Waals surface area contributed by atoms with Crippen LogP contribution in [0.1, 0.15) is 38.3 Å². The highest BCUT2D eigenvalue weighted by Crippen LogP contribution is 2.27. The number of nitrogens with one attached hydrogen (secondary N) is 2. The Morgan fingerprint density at radius 2 is 2.19 bits per heavy atom. The molecule has 1 heterocycles. The van der Waals surface area contributed by atoms with Crippen molar-refractivity contribution in [3.8, 4) is 5.75 Å². The predicted molar refractivity (Wildman–Crippen MR) is 83.3 cm³/mol. The van der Waals surface area contributed by atoms with Gasteiger partial charge >= 0.3 is 6.03 Å². The third-order valence-electron chi connectivity index (χ3n) is 3.96. The maximum Gasteiger partial charge on any atom is 0.317 e. The number of hydrogen-bond donors (Lipinski definition) is 3. The van der Waals surface area contributed by atoms with Crippen molar-refractivity contribution in [1.29, 1.82) is 0 Å². The van der Waals surface area contributed by atoms with Gasteiger partial charge in [0.05, 0.1) is 0 Å². The number of amides is 2. The Morgan fingerprint density at radius 3 is 2.86 bits per heavy atom. The summed E-state index contributed by atoms with van der Waals surface area (Å²) >= 11 is 0. The van der Waals surface area contributed by atoms with Crippen molar-refractivity contribution in [2.75, 3.05) is 19.6 Å². The standard InChI is InChI=1S/C16H25N3O2/c1-3-14(13-7-5-6-8-15(13)20)18-12-9-10-19(11-12)16(21)17-4-2/h5-8,12,14,18,20H,3-4,9-11H2,1-2H3,(H,17,21)/t12-,14+/m1/s1. The number of carbonyl (C=O) groups excluding carboxylic acids is 1. The first-order valence-electron chi connectivity index (χ1n) is 7.72. The lowest BCUT2D eigenvalue weighted by atomic mass is 10.0. The highest BCUT2D eigenvalue weighted by atomic mass is 16.3. The number of benzene rings is 1. The van der Waals surface area contributed by atoms with Crippen molar-refractivity contribution in [2.24, 2.45) is 0 Å². The molecule has 2 atom stereocenters. The lowest BCUT2D eigenvalue weighted by Gasteiger charge is -2.23. The average Bonchev–Trinajstić information content (AvgIpc) is 2.94. The van der Waals surface area contributed by atoms with Gasteiger partial charge in [-0.1, -0.05) is 25.1 Å². The summed E-state index contributed by atoms with van der Waals surface area (Å²) in [5.74, 6) is 0.329. The molecule has 5 nitrogen and oxygen atoms in total. The maximum atomic E-state index is 11.8. The molecule has 21 heavy (non-hydrogen) atoms. The van der Waals surface area contributed by atoms with Crippen LogP contribution in [0.5, 0.6) is 5.75 Å². The molecule has 5 heteroatoms. The molecule has 1 aliphatic heterocycles. The molecule has 1 fully saturated rings. The number of likely N-dealkylation sites (tertiary alicyclic amines) is 1. The second-order valence-corrected chi connectivity index (χ2v) is 5.45. The summed E-state index contributed by atoms with van der Waals surface area (Å²) in [6, 6.07) is 7.84. The van der Waals surface area contributed by atoms with Gasteiger partial charge in [0.25, 0.3) is 0 Å². The van der Waals surface area contributed by atoms with E-state index in [-0.39, 0.29) is 18.1 Å². The summed E-state index contributed by atoms with van der Waals surface area (Å²) in [6.45, 7) is 6.18. The molecule has 3 N–H and O–H groups in total. The lowest BCUT2D eigenvalue weighted by Crippen LogP contribution is -2.41. The molecule has 2 rings (SSSR count). The third kappa shape index (κ3) is 3.88.